The quantitative estimate of drug-likeness (QED) is 0.386. The summed E-state index contributed by atoms with van der Waals surface area (Å²) in [6, 6.07) is 6.01. The first-order chi connectivity index (χ1) is 9.60. The zero-order valence-electron chi connectivity index (χ0n) is 12.5. The van der Waals surface area contributed by atoms with Gasteiger partial charge in [-0.3, -0.25) is 4.90 Å². The van der Waals surface area contributed by atoms with Gasteiger partial charge in [-0.2, -0.15) is 0 Å². The Kier molecular flexibility index (Phi) is 5.01. The third-order valence-electron chi connectivity index (χ3n) is 4.25. The molecular formula is C16H25N3O. The van der Waals surface area contributed by atoms with Crippen LogP contribution >= 0.6 is 0 Å². The molecule has 0 radical (unpaired) electrons. The zero-order chi connectivity index (χ0) is 14.5. The van der Waals surface area contributed by atoms with E-state index in [-0.39, 0.29) is 5.84 Å². The molecule has 20 heavy (non-hydrogen) atoms. The minimum atomic E-state index is 0.170. The number of hydrogen-bond acceptors (Lipinski definition) is 3. The number of aryl methyl sites for hydroxylation is 1. The molecule has 0 spiro atoms. The van der Waals surface area contributed by atoms with Crippen LogP contribution in [-0.2, 0) is 6.54 Å². The van der Waals surface area contributed by atoms with E-state index in [9.17, 15) is 0 Å². The summed E-state index contributed by atoms with van der Waals surface area (Å²) in [5.74, 6) is 1.02. The summed E-state index contributed by atoms with van der Waals surface area (Å²) in [6.45, 7) is 7.80. The van der Waals surface area contributed by atoms with Gasteiger partial charge in [0.05, 0.1) is 0 Å². The second kappa shape index (κ2) is 6.75. The SMILES string of the molecule is Cc1cc(/C(N)=N/O)ccc1CN1CCCC(C)CC1. The first-order valence-corrected chi connectivity index (χ1v) is 7.40. The number of nitrogens with zero attached hydrogens (tertiary/aromatic N) is 2. The molecule has 1 fully saturated rings. The molecule has 0 amide bonds. The molecule has 1 heterocycles. The number of rotatable bonds is 3. The van der Waals surface area contributed by atoms with Gasteiger partial charge < -0.3 is 10.9 Å². The van der Waals surface area contributed by atoms with E-state index in [1.165, 1.54) is 43.5 Å². The molecule has 0 saturated carbocycles. The van der Waals surface area contributed by atoms with Crippen LogP contribution in [0.4, 0.5) is 0 Å². The summed E-state index contributed by atoms with van der Waals surface area (Å²) in [5.41, 5.74) is 8.93. The molecule has 110 valence electrons. The van der Waals surface area contributed by atoms with E-state index in [1.807, 2.05) is 12.1 Å². The van der Waals surface area contributed by atoms with Crippen LogP contribution in [0.1, 0.15) is 42.9 Å². The van der Waals surface area contributed by atoms with Crippen LogP contribution in [0.25, 0.3) is 0 Å². The predicted molar refractivity (Wildman–Crippen MR) is 82.0 cm³/mol. The lowest BCUT2D eigenvalue weighted by Crippen LogP contribution is -2.24. The Morgan fingerprint density at radius 1 is 1.40 bits per heavy atom. The highest BCUT2D eigenvalue weighted by Crippen LogP contribution is 2.20. The fourth-order valence-corrected chi connectivity index (χ4v) is 2.81. The minimum absolute atomic E-state index is 0.170. The van der Waals surface area contributed by atoms with Gasteiger partial charge in [0.25, 0.3) is 0 Å². The molecule has 1 aliphatic heterocycles. The first kappa shape index (κ1) is 14.9. The van der Waals surface area contributed by atoms with Gasteiger partial charge in [0.1, 0.15) is 0 Å². The van der Waals surface area contributed by atoms with Crippen LogP contribution in [0.3, 0.4) is 0 Å². The van der Waals surface area contributed by atoms with Crippen molar-refractivity contribution in [2.24, 2.45) is 16.8 Å². The Bertz CT molecular complexity index is 485. The Labute approximate surface area is 121 Å². The van der Waals surface area contributed by atoms with Gasteiger partial charge in [-0.25, -0.2) is 0 Å². The Balaban J connectivity index is 2.06. The molecule has 4 heteroatoms. The largest absolute Gasteiger partial charge is 0.409 e. The third kappa shape index (κ3) is 3.73. The standard InChI is InChI=1S/C16H25N3O/c1-12-4-3-8-19(9-7-12)11-15-6-5-14(10-13(15)2)16(17)18-20/h5-6,10,12,20H,3-4,7-9,11H2,1-2H3,(H2,17,18). The van der Waals surface area contributed by atoms with Crippen molar-refractivity contribution < 1.29 is 5.21 Å². The number of nitrogens with two attached hydrogens (primary N) is 1. The molecule has 1 unspecified atom stereocenters. The van der Waals surface area contributed by atoms with Crippen LogP contribution in [0.2, 0.25) is 0 Å². The van der Waals surface area contributed by atoms with E-state index in [0.717, 1.165) is 18.0 Å². The van der Waals surface area contributed by atoms with Crippen molar-refractivity contribution in [3.8, 4) is 0 Å². The number of amidine groups is 1. The van der Waals surface area contributed by atoms with Gasteiger partial charge in [-0.1, -0.05) is 24.2 Å². The number of oxime groups is 1. The maximum Gasteiger partial charge on any atom is 0.170 e. The minimum Gasteiger partial charge on any atom is -0.409 e. The maximum atomic E-state index is 8.72. The van der Waals surface area contributed by atoms with Gasteiger partial charge in [0.2, 0.25) is 0 Å². The maximum absolute atomic E-state index is 8.72. The highest BCUT2D eigenvalue weighted by atomic mass is 16.4. The van der Waals surface area contributed by atoms with Gasteiger partial charge in [-0.15, -0.1) is 0 Å². The van der Waals surface area contributed by atoms with E-state index >= 15 is 0 Å². The van der Waals surface area contributed by atoms with Crippen LogP contribution in [0, 0.1) is 12.8 Å². The lowest BCUT2D eigenvalue weighted by atomic mass is 10.0. The Hall–Kier alpha value is -1.55. The van der Waals surface area contributed by atoms with Crippen molar-refractivity contribution >= 4 is 5.84 Å². The van der Waals surface area contributed by atoms with Crippen molar-refractivity contribution in [3.05, 3.63) is 34.9 Å². The summed E-state index contributed by atoms with van der Waals surface area (Å²) in [7, 11) is 0. The lowest BCUT2D eigenvalue weighted by Gasteiger charge is -2.21. The summed E-state index contributed by atoms with van der Waals surface area (Å²) < 4.78 is 0. The fraction of sp³-hybridized carbons (Fsp3) is 0.562. The summed E-state index contributed by atoms with van der Waals surface area (Å²) in [6.07, 6.45) is 3.93. The van der Waals surface area contributed by atoms with E-state index in [2.05, 4.69) is 30.0 Å². The van der Waals surface area contributed by atoms with Crippen LogP contribution < -0.4 is 5.73 Å². The number of hydrogen-bond donors (Lipinski definition) is 2. The highest BCUT2D eigenvalue weighted by molar-refractivity contribution is 5.97. The van der Waals surface area contributed by atoms with E-state index < -0.39 is 0 Å². The molecule has 3 N–H and O–H groups in total. The van der Waals surface area contributed by atoms with Gasteiger partial charge >= 0.3 is 0 Å². The third-order valence-corrected chi connectivity index (χ3v) is 4.25. The Morgan fingerprint density at radius 3 is 2.90 bits per heavy atom. The topological polar surface area (TPSA) is 61.9 Å². The van der Waals surface area contributed by atoms with Crippen molar-refractivity contribution in [1.82, 2.24) is 4.90 Å². The molecule has 0 bridgehead atoms. The lowest BCUT2D eigenvalue weighted by molar-refractivity contribution is 0.273. The number of benzene rings is 1. The van der Waals surface area contributed by atoms with Gasteiger partial charge in [-0.05, 0) is 62.4 Å². The molecule has 1 saturated heterocycles. The molecule has 0 aliphatic carbocycles. The predicted octanol–water partition coefficient (Wildman–Crippen LogP) is 2.71. The van der Waals surface area contributed by atoms with Gasteiger partial charge in [0.15, 0.2) is 5.84 Å². The van der Waals surface area contributed by atoms with Crippen molar-refractivity contribution in [2.45, 2.75) is 39.7 Å². The molecule has 0 aromatic heterocycles. The number of likely N-dealkylation sites (tertiary alicyclic amines) is 1. The average Bonchev–Trinajstić information content (AvgIpc) is 2.65. The summed E-state index contributed by atoms with van der Waals surface area (Å²) >= 11 is 0. The summed E-state index contributed by atoms with van der Waals surface area (Å²) in [4.78, 5) is 2.54. The molecule has 1 aromatic rings. The van der Waals surface area contributed by atoms with Crippen LogP contribution in [0.5, 0.6) is 0 Å². The second-order valence-electron chi connectivity index (χ2n) is 5.94. The van der Waals surface area contributed by atoms with E-state index in [4.69, 9.17) is 10.9 Å². The fourth-order valence-electron chi connectivity index (χ4n) is 2.81. The Morgan fingerprint density at radius 2 is 2.20 bits per heavy atom. The molecular weight excluding hydrogens is 250 g/mol. The van der Waals surface area contributed by atoms with E-state index in [0.29, 0.717) is 0 Å². The second-order valence-corrected chi connectivity index (χ2v) is 5.94. The van der Waals surface area contributed by atoms with Gasteiger partial charge in [0, 0.05) is 12.1 Å². The van der Waals surface area contributed by atoms with Crippen LogP contribution in [-0.4, -0.2) is 29.0 Å². The normalized spacial score (nSPS) is 21.7. The molecule has 1 aromatic carbocycles. The molecule has 4 nitrogen and oxygen atoms in total. The van der Waals surface area contributed by atoms with Crippen LogP contribution in [0.15, 0.2) is 23.4 Å². The highest BCUT2D eigenvalue weighted by Gasteiger charge is 2.14. The molecule has 2 rings (SSSR count). The van der Waals surface area contributed by atoms with Crippen molar-refractivity contribution in [1.29, 1.82) is 0 Å². The van der Waals surface area contributed by atoms with Crippen molar-refractivity contribution in [3.63, 3.8) is 0 Å². The average molecular weight is 275 g/mol. The molecule has 1 aliphatic rings. The smallest absolute Gasteiger partial charge is 0.170 e. The first-order valence-electron chi connectivity index (χ1n) is 7.40. The monoisotopic (exact) mass is 275 g/mol. The van der Waals surface area contributed by atoms with Crippen molar-refractivity contribution in [2.75, 3.05) is 13.1 Å². The summed E-state index contributed by atoms with van der Waals surface area (Å²) in [5, 5.41) is 11.8. The van der Waals surface area contributed by atoms with E-state index in [1.54, 1.807) is 0 Å². The molecule has 1 atom stereocenters. The zero-order valence-corrected chi connectivity index (χ0v) is 12.5.